The Bertz CT molecular complexity index is 297. The van der Waals surface area contributed by atoms with Crippen molar-refractivity contribution in [1.29, 1.82) is 5.41 Å². The van der Waals surface area contributed by atoms with Gasteiger partial charge in [-0.05, 0) is 31.5 Å². The average Bonchev–Trinajstić information content (AvgIpc) is 2.20. The van der Waals surface area contributed by atoms with Crippen LogP contribution in [0.25, 0.3) is 0 Å². The molecule has 0 aliphatic heterocycles. The summed E-state index contributed by atoms with van der Waals surface area (Å²) in [4.78, 5) is 0. The Hall–Kier alpha value is -0.800. The average molecular weight is 224 g/mol. The molecular weight excluding hydrogens is 204 g/mol. The predicted molar refractivity (Wildman–Crippen MR) is 70.6 cm³/mol. The Morgan fingerprint density at radius 3 is 2.33 bits per heavy atom. The molecule has 0 aliphatic carbocycles. The van der Waals surface area contributed by atoms with Crippen LogP contribution in [-0.4, -0.2) is 12.1 Å². The summed E-state index contributed by atoms with van der Waals surface area (Å²) in [6, 6.07) is 7.91. The van der Waals surface area contributed by atoms with E-state index in [-0.39, 0.29) is 0 Å². The highest BCUT2D eigenvalue weighted by atomic mass is 32.2. The van der Waals surface area contributed by atoms with E-state index in [0.717, 1.165) is 11.1 Å². The molecule has 0 aromatic heterocycles. The van der Waals surface area contributed by atoms with E-state index in [1.54, 1.807) is 0 Å². The SMILES string of the molecule is CCC.CNSC(=N)c1ccccc1C. The van der Waals surface area contributed by atoms with E-state index in [1.807, 2.05) is 38.2 Å². The highest BCUT2D eigenvalue weighted by molar-refractivity contribution is 8.12. The van der Waals surface area contributed by atoms with Gasteiger partial charge in [-0.15, -0.1) is 0 Å². The van der Waals surface area contributed by atoms with E-state index in [0.29, 0.717) is 5.04 Å². The topological polar surface area (TPSA) is 35.9 Å². The lowest BCUT2D eigenvalue weighted by Crippen LogP contribution is -2.03. The van der Waals surface area contributed by atoms with Gasteiger partial charge in [-0.2, -0.15) is 0 Å². The highest BCUT2D eigenvalue weighted by Gasteiger charge is 2.02. The Balaban J connectivity index is 0.000000583. The van der Waals surface area contributed by atoms with E-state index >= 15 is 0 Å². The quantitative estimate of drug-likeness (QED) is 0.457. The second-order valence-electron chi connectivity index (χ2n) is 3.16. The van der Waals surface area contributed by atoms with Crippen LogP contribution in [0.15, 0.2) is 24.3 Å². The summed E-state index contributed by atoms with van der Waals surface area (Å²) in [5.74, 6) is 0. The van der Waals surface area contributed by atoms with Gasteiger partial charge >= 0.3 is 0 Å². The highest BCUT2D eigenvalue weighted by Crippen LogP contribution is 2.12. The van der Waals surface area contributed by atoms with E-state index in [2.05, 4.69) is 18.6 Å². The molecule has 15 heavy (non-hydrogen) atoms. The molecule has 0 bridgehead atoms. The molecule has 0 aliphatic rings. The zero-order valence-corrected chi connectivity index (χ0v) is 10.7. The lowest BCUT2D eigenvalue weighted by atomic mass is 10.1. The van der Waals surface area contributed by atoms with Gasteiger partial charge in [-0.25, -0.2) is 0 Å². The van der Waals surface area contributed by atoms with Gasteiger partial charge in [0.2, 0.25) is 0 Å². The van der Waals surface area contributed by atoms with Crippen LogP contribution in [0.3, 0.4) is 0 Å². The number of rotatable bonds is 2. The second kappa shape index (κ2) is 8.50. The second-order valence-corrected chi connectivity index (χ2v) is 4.18. The number of nitrogens with one attached hydrogen (secondary N) is 2. The fraction of sp³-hybridized carbons (Fsp3) is 0.417. The lowest BCUT2D eigenvalue weighted by Gasteiger charge is -2.04. The zero-order valence-electron chi connectivity index (χ0n) is 9.92. The van der Waals surface area contributed by atoms with Crippen molar-refractivity contribution >= 4 is 17.0 Å². The van der Waals surface area contributed by atoms with Gasteiger partial charge in [0.1, 0.15) is 5.04 Å². The van der Waals surface area contributed by atoms with Gasteiger partial charge in [0.05, 0.1) is 0 Å². The third-order valence-corrected chi connectivity index (χ3v) is 2.22. The molecule has 2 nitrogen and oxygen atoms in total. The number of hydrogen-bond donors (Lipinski definition) is 2. The van der Waals surface area contributed by atoms with E-state index in [1.165, 1.54) is 18.4 Å². The Labute approximate surface area is 97.1 Å². The third-order valence-electron chi connectivity index (χ3n) is 1.59. The minimum atomic E-state index is 0.565. The Kier molecular flexibility index (Phi) is 8.05. The summed E-state index contributed by atoms with van der Waals surface area (Å²) in [7, 11) is 1.82. The standard InChI is InChI=1S/C9H12N2S.C3H8/c1-7-5-3-4-6-8(7)9(10)12-11-2;1-3-2/h3-6,10-11H,1-2H3;3H2,1-2H3. The maximum Gasteiger partial charge on any atom is 0.110 e. The van der Waals surface area contributed by atoms with Crippen LogP contribution in [0.1, 0.15) is 31.4 Å². The molecule has 1 aromatic carbocycles. The Morgan fingerprint density at radius 1 is 1.33 bits per heavy atom. The Morgan fingerprint density at radius 2 is 1.87 bits per heavy atom. The summed E-state index contributed by atoms with van der Waals surface area (Å²) >= 11 is 1.33. The molecule has 0 spiro atoms. The molecule has 0 atom stereocenters. The summed E-state index contributed by atoms with van der Waals surface area (Å²) < 4.78 is 2.89. The molecule has 0 unspecified atom stereocenters. The fourth-order valence-corrected chi connectivity index (χ4v) is 1.53. The first-order valence-electron chi connectivity index (χ1n) is 5.15. The van der Waals surface area contributed by atoms with Crippen molar-refractivity contribution in [2.24, 2.45) is 0 Å². The largest absolute Gasteiger partial charge is 0.292 e. The van der Waals surface area contributed by atoms with Crippen molar-refractivity contribution in [2.45, 2.75) is 27.2 Å². The van der Waals surface area contributed by atoms with Crippen molar-refractivity contribution < 1.29 is 0 Å². The normalized spacial score (nSPS) is 9.07. The van der Waals surface area contributed by atoms with Crippen LogP contribution in [0, 0.1) is 12.3 Å². The first-order valence-corrected chi connectivity index (χ1v) is 5.97. The number of hydrogen-bond acceptors (Lipinski definition) is 3. The van der Waals surface area contributed by atoms with Crippen molar-refractivity contribution in [3.63, 3.8) is 0 Å². The van der Waals surface area contributed by atoms with Crippen molar-refractivity contribution in [3.05, 3.63) is 35.4 Å². The van der Waals surface area contributed by atoms with Crippen LogP contribution in [0.4, 0.5) is 0 Å². The maximum atomic E-state index is 7.67. The molecular formula is C12H20N2S. The molecule has 0 radical (unpaired) electrons. The smallest absolute Gasteiger partial charge is 0.110 e. The third kappa shape index (κ3) is 5.60. The zero-order chi connectivity index (χ0) is 11.7. The molecule has 0 fully saturated rings. The minimum Gasteiger partial charge on any atom is -0.292 e. The number of aryl methyl sites for hydroxylation is 1. The fourth-order valence-electron chi connectivity index (χ4n) is 0.985. The molecule has 0 saturated carbocycles. The van der Waals surface area contributed by atoms with Crippen LogP contribution in [0.2, 0.25) is 0 Å². The van der Waals surface area contributed by atoms with E-state index in [4.69, 9.17) is 5.41 Å². The van der Waals surface area contributed by atoms with Gasteiger partial charge in [-0.1, -0.05) is 44.5 Å². The van der Waals surface area contributed by atoms with Crippen LogP contribution < -0.4 is 4.72 Å². The minimum absolute atomic E-state index is 0.565. The van der Waals surface area contributed by atoms with Crippen molar-refractivity contribution in [1.82, 2.24) is 4.72 Å². The van der Waals surface area contributed by atoms with Gasteiger partial charge in [0, 0.05) is 5.56 Å². The molecule has 0 heterocycles. The maximum absolute atomic E-state index is 7.67. The van der Waals surface area contributed by atoms with Crippen LogP contribution >= 0.6 is 11.9 Å². The summed E-state index contributed by atoms with van der Waals surface area (Å²) in [5, 5.41) is 8.24. The monoisotopic (exact) mass is 224 g/mol. The van der Waals surface area contributed by atoms with Crippen molar-refractivity contribution in [2.75, 3.05) is 7.05 Å². The molecule has 0 amide bonds. The summed E-state index contributed by atoms with van der Waals surface area (Å²) in [6.45, 7) is 6.26. The van der Waals surface area contributed by atoms with E-state index in [9.17, 15) is 0 Å². The molecule has 2 N–H and O–H groups in total. The van der Waals surface area contributed by atoms with Gasteiger partial charge in [-0.3, -0.25) is 10.1 Å². The van der Waals surface area contributed by atoms with Gasteiger partial charge in [0.15, 0.2) is 0 Å². The van der Waals surface area contributed by atoms with Crippen LogP contribution in [0.5, 0.6) is 0 Å². The number of benzene rings is 1. The summed E-state index contributed by atoms with van der Waals surface area (Å²) in [6.07, 6.45) is 1.25. The molecule has 1 aromatic rings. The molecule has 1 rings (SSSR count). The van der Waals surface area contributed by atoms with E-state index < -0.39 is 0 Å². The first kappa shape index (κ1) is 14.2. The molecule has 0 saturated heterocycles. The van der Waals surface area contributed by atoms with Gasteiger partial charge < -0.3 is 0 Å². The summed E-state index contributed by atoms with van der Waals surface area (Å²) in [5.41, 5.74) is 2.14. The van der Waals surface area contributed by atoms with Crippen LogP contribution in [-0.2, 0) is 0 Å². The van der Waals surface area contributed by atoms with Gasteiger partial charge in [0.25, 0.3) is 0 Å². The molecule has 84 valence electrons. The predicted octanol–water partition coefficient (Wildman–Crippen LogP) is 3.60. The van der Waals surface area contributed by atoms with Crippen molar-refractivity contribution in [3.8, 4) is 0 Å². The molecule has 3 heteroatoms. The lowest BCUT2D eigenvalue weighted by molar-refractivity contribution is 1.09. The first-order chi connectivity index (χ1) is 7.17.